The number of hydrogen-bond donors (Lipinski definition) is 2. The van der Waals surface area contributed by atoms with Crippen molar-refractivity contribution in [3.8, 4) is 0 Å². The minimum atomic E-state index is -4.65. The molecule has 0 atom stereocenters. The standard InChI is InChI=1S/C31H29ClF3N3O3/c1-17(2)23-9-6-10-24(18(3)4)27(23)37-25(39)15-19-11-13-21(14-12-19)36-28-26(32)29(40)38(30(28)41)22-8-5-7-20(16-22)31(33,34)35/h5-14,16-18,36H,15H2,1-4H3,(H,37,39). The zero-order valence-electron chi connectivity index (χ0n) is 22.9. The summed E-state index contributed by atoms with van der Waals surface area (Å²) in [6.45, 7) is 8.29. The summed E-state index contributed by atoms with van der Waals surface area (Å²) in [5, 5.41) is 5.42. The number of halogens is 4. The third-order valence-electron chi connectivity index (χ3n) is 6.68. The molecular weight excluding hydrogens is 555 g/mol. The van der Waals surface area contributed by atoms with Gasteiger partial charge in [0.2, 0.25) is 5.91 Å². The molecule has 2 N–H and O–H groups in total. The van der Waals surface area contributed by atoms with Crippen LogP contribution in [0.3, 0.4) is 0 Å². The van der Waals surface area contributed by atoms with Gasteiger partial charge in [-0.25, -0.2) is 4.90 Å². The van der Waals surface area contributed by atoms with Crippen molar-refractivity contribution in [1.29, 1.82) is 0 Å². The molecule has 6 nitrogen and oxygen atoms in total. The third kappa shape index (κ3) is 6.46. The van der Waals surface area contributed by atoms with Gasteiger partial charge in [-0.15, -0.1) is 0 Å². The fraction of sp³-hybridized carbons (Fsp3) is 0.258. The van der Waals surface area contributed by atoms with Crippen LogP contribution in [0.15, 0.2) is 77.5 Å². The zero-order chi connectivity index (χ0) is 30.1. The van der Waals surface area contributed by atoms with E-state index in [4.69, 9.17) is 11.6 Å². The van der Waals surface area contributed by atoms with Crippen molar-refractivity contribution in [3.05, 3.63) is 99.7 Å². The number of carbonyl (C=O) groups is 3. The van der Waals surface area contributed by atoms with Crippen LogP contribution < -0.4 is 15.5 Å². The smallest absolute Gasteiger partial charge is 0.350 e. The number of rotatable bonds is 8. The minimum Gasteiger partial charge on any atom is -0.350 e. The van der Waals surface area contributed by atoms with Crippen LogP contribution in [0.25, 0.3) is 0 Å². The van der Waals surface area contributed by atoms with Crippen LogP contribution in [-0.2, 0) is 27.0 Å². The van der Waals surface area contributed by atoms with E-state index in [0.29, 0.717) is 22.2 Å². The van der Waals surface area contributed by atoms with Crippen LogP contribution >= 0.6 is 11.6 Å². The lowest BCUT2D eigenvalue weighted by Gasteiger charge is -2.20. The first-order valence-corrected chi connectivity index (χ1v) is 13.4. The fourth-order valence-electron chi connectivity index (χ4n) is 4.58. The molecule has 3 aromatic carbocycles. The van der Waals surface area contributed by atoms with Gasteiger partial charge in [0.15, 0.2) is 0 Å². The molecule has 0 aliphatic carbocycles. The Morgan fingerprint density at radius 2 is 1.46 bits per heavy atom. The van der Waals surface area contributed by atoms with Crippen molar-refractivity contribution in [1.82, 2.24) is 0 Å². The highest BCUT2D eigenvalue weighted by atomic mass is 35.5. The van der Waals surface area contributed by atoms with Gasteiger partial charge in [-0.3, -0.25) is 14.4 Å². The summed E-state index contributed by atoms with van der Waals surface area (Å²) < 4.78 is 39.4. The van der Waals surface area contributed by atoms with Gasteiger partial charge in [0.25, 0.3) is 11.8 Å². The predicted molar refractivity (Wildman–Crippen MR) is 154 cm³/mol. The fourth-order valence-corrected chi connectivity index (χ4v) is 4.79. The molecule has 0 saturated carbocycles. The van der Waals surface area contributed by atoms with E-state index in [-0.39, 0.29) is 35.5 Å². The molecule has 0 saturated heterocycles. The number of hydrogen-bond acceptors (Lipinski definition) is 4. The van der Waals surface area contributed by atoms with Crippen molar-refractivity contribution >= 4 is 46.4 Å². The molecular formula is C31H29ClF3N3O3. The Hall–Kier alpha value is -4.11. The van der Waals surface area contributed by atoms with Gasteiger partial charge in [0.1, 0.15) is 10.7 Å². The monoisotopic (exact) mass is 583 g/mol. The van der Waals surface area contributed by atoms with Gasteiger partial charge in [0, 0.05) is 11.4 Å². The lowest BCUT2D eigenvalue weighted by molar-refractivity contribution is -0.137. The Balaban J connectivity index is 1.46. The molecule has 214 valence electrons. The van der Waals surface area contributed by atoms with Crippen LogP contribution in [0.5, 0.6) is 0 Å². The summed E-state index contributed by atoms with van der Waals surface area (Å²) in [6, 6.07) is 16.5. The molecule has 3 aromatic rings. The van der Waals surface area contributed by atoms with Gasteiger partial charge in [-0.1, -0.05) is 75.7 Å². The molecule has 41 heavy (non-hydrogen) atoms. The Morgan fingerprint density at radius 1 is 0.878 bits per heavy atom. The zero-order valence-corrected chi connectivity index (χ0v) is 23.7. The quantitative estimate of drug-likeness (QED) is 0.268. The first-order chi connectivity index (χ1) is 19.3. The van der Waals surface area contributed by atoms with Crippen LogP contribution in [0.4, 0.5) is 30.2 Å². The molecule has 0 fully saturated rings. The van der Waals surface area contributed by atoms with Crippen LogP contribution in [-0.4, -0.2) is 17.7 Å². The lowest BCUT2D eigenvalue weighted by atomic mass is 9.92. The maximum absolute atomic E-state index is 13.1. The summed E-state index contributed by atoms with van der Waals surface area (Å²) in [4.78, 5) is 39.2. The molecule has 0 radical (unpaired) electrons. The lowest BCUT2D eigenvalue weighted by Crippen LogP contribution is -2.32. The third-order valence-corrected chi connectivity index (χ3v) is 7.03. The van der Waals surface area contributed by atoms with E-state index in [0.717, 1.165) is 28.9 Å². The van der Waals surface area contributed by atoms with Crippen LogP contribution in [0.1, 0.15) is 61.8 Å². The van der Waals surface area contributed by atoms with E-state index >= 15 is 0 Å². The Bertz CT molecular complexity index is 1500. The van der Waals surface area contributed by atoms with E-state index in [1.807, 2.05) is 18.2 Å². The number of anilines is 3. The number of amides is 3. The van der Waals surface area contributed by atoms with Crippen molar-refractivity contribution in [2.24, 2.45) is 0 Å². The van der Waals surface area contributed by atoms with Crippen molar-refractivity contribution in [2.75, 3.05) is 15.5 Å². The second-order valence-corrected chi connectivity index (χ2v) is 10.7. The molecule has 10 heteroatoms. The van der Waals surface area contributed by atoms with E-state index in [1.54, 1.807) is 24.3 Å². The van der Waals surface area contributed by atoms with Gasteiger partial charge in [-0.05, 0) is 58.9 Å². The topological polar surface area (TPSA) is 78.5 Å². The molecule has 1 aliphatic heterocycles. The Labute approximate surface area is 241 Å². The average molecular weight is 584 g/mol. The summed E-state index contributed by atoms with van der Waals surface area (Å²) in [7, 11) is 0. The molecule has 0 unspecified atom stereocenters. The van der Waals surface area contributed by atoms with Crippen LogP contribution in [0.2, 0.25) is 0 Å². The second-order valence-electron chi connectivity index (χ2n) is 10.4. The minimum absolute atomic E-state index is 0.106. The SMILES string of the molecule is CC(C)c1cccc(C(C)C)c1NC(=O)Cc1ccc(NC2=C(Cl)C(=O)N(c3cccc(C(F)(F)F)c3)C2=O)cc1. The normalized spacial score (nSPS) is 14.0. The van der Waals surface area contributed by atoms with Crippen molar-refractivity contribution in [2.45, 2.75) is 52.1 Å². The largest absolute Gasteiger partial charge is 0.416 e. The number of alkyl halides is 3. The molecule has 0 bridgehead atoms. The van der Waals surface area contributed by atoms with Gasteiger partial charge >= 0.3 is 6.18 Å². The number of benzene rings is 3. The average Bonchev–Trinajstić information content (AvgIpc) is 3.12. The van der Waals surface area contributed by atoms with Crippen LogP contribution in [0, 0.1) is 0 Å². The summed E-state index contributed by atoms with van der Waals surface area (Å²) in [5.41, 5.74) is 2.56. The molecule has 0 aromatic heterocycles. The highest BCUT2D eigenvalue weighted by molar-refractivity contribution is 6.53. The van der Waals surface area contributed by atoms with Gasteiger partial charge in [0.05, 0.1) is 17.7 Å². The predicted octanol–water partition coefficient (Wildman–Crippen LogP) is 7.57. The Morgan fingerprint density at radius 3 is 2.02 bits per heavy atom. The summed E-state index contributed by atoms with van der Waals surface area (Å²) in [6.07, 6.45) is -4.54. The van der Waals surface area contributed by atoms with Gasteiger partial charge in [-0.2, -0.15) is 13.2 Å². The van der Waals surface area contributed by atoms with E-state index in [9.17, 15) is 27.6 Å². The molecule has 3 amide bonds. The van der Waals surface area contributed by atoms with Gasteiger partial charge < -0.3 is 10.6 Å². The molecule has 1 heterocycles. The Kier molecular flexibility index (Phi) is 8.58. The van der Waals surface area contributed by atoms with E-state index in [1.165, 1.54) is 6.07 Å². The van der Waals surface area contributed by atoms with Crippen molar-refractivity contribution in [3.63, 3.8) is 0 Å². The summed E-state index contributed by atoms with van der Waals surface area (Å²) >= 11 is 6.12. The number of para-hydroxylation sites is 1. The highest BCUT2D eigenvalue weighted by Gasteiger charge is 2.40. The molecule has 4 rings (SSSR count). The van der Waals surface area contributed by atoms with E-state index in [2.05, 4.69) is 38.3 Å². The maximum Gasteiger partial charge on any atom is 0.416 e. The first kappa shape index (κ1) is 29.9. The second kappa shape index (κ2) is 11.8. The number of nitrogens with one attached hydrogen (secondary N) is 2. The van der Waals surface area contributed by atoms with E-state index < -0.39 is 28.6 Å². The first-order valence-electron chi connectivity index (χ1n) is 13.0. The van der Waals surface area contributed by atoms with Crippen molar-refractivity contribution < 1.29 is 27.6 Å². The number of carbonyl (C=O) groups excluding carboxylic acids is 3. The molecule has 0 spiro atoms. The molecule has 1 aliphatic rings. The number of imide groups is 1. The number of nitrogens with zero attached hydrogens (tertiary/aromatic N) is 1. The maximum atomic E-state index is 13.1. The summed E-state index contributed by atoms with van der Waals surface area (Å²) in [5.74, 6) is -1.54. The highest BCUT2D eigenvalue weighted by Crippen LogP contribution is 2.35.